The van der Waals surface area contributed by atoms with Gasteiger partial charge in [0.1, 0.15) is 11.1 Å². The van der Waals surface area contributed by atoms with Gasteiger partial charge >= 0.3 is 12.1 Å². The lowest BCUT2D eigenvalue weighted by molar-refractivity contribution is -0.137. The van der Waals surface area contributed by atoms with E-state index in [1.165, 1.54) is 0 Å². The van der Waals surface area contributed by atoms with Crippen molar-refractivity contribution in [2.45, 2.75) is 6.18 Å². The van der Waals surface area contributed by atoms with Crippen LogP contribution in [-0.2, 0) is 6.18 Å². The van der Waals surface area contributed by atoms with Gasteiger partial charge in [-0.3, -0.25) is 4.98 Å². The molecule has 0 aliphatic rings. The average Bonchev–Trinajstić information content (AvgIpc) is 2.58. The van der Waals surface area contributed by atoms with E-state index in [2.05, 4.69) is 9.97 Å². The number of hydrogen-bond acceptors (Lipinski definition) is 2. The zero-order chi connectivity index (χ0) is 11.9. The van der Waals surface area contributed by atoms with E-state index >= 15 is 0 Å². The molecule has 0 spiro atoms. The molecule has 7 heteroatoms. The van der Waals surface area contributed by atoms with Gasteiger partial charge in [0.05, 0.1) is 11.1 Å². The fourth-order valence-electron chi connectivity index (χ4n) is 1.33. The number of carboxylic acids is 1. The minimum Gasteiger partial charge on any atom is -0.478 e. The lowest BCUT2D eigenvalue weighted by atomic mass is 10.2. The summed E-state index contributed by atoms with van der Waals surface area (Å²) in [4.78, 5) is 16.6. The number of carboxylic acid groups (broad SMARTS) is 1. The molecule has 0 amide bonds. The van der Waals surface area contributed by atoms with Crippen LogP contribution in [0.5, 0.6) is 0 Å². The van der Waals surface area contributed by atoms with Crippen molar-refractivity contribution in [3.63, 3.8) is 0 Å². The zero-order valence-corrected chi connectivity index (χ0v) is 7.67. The first kappa shape index (κ1) is 10.5. The Morgan fingerprint density at radius 3 is 2.69 bits per heavy atom. The van der Waals surface area contributed by atoms with Gasteiger partial charge in [-0.2, -0.15) is 13.2 Å². The second-order valence-electron chi connectivity index (χ2n) is 3.13. The van der Waals surface area contributed by atoms with Crippen LogP contribution >= 0.6 is 0 Å². The summed E-state index contributed by atoms with van der Waals surface area (Å²) < 4.78 is 36.9. The van der Waals surface area contributed by atoms with Crippen molar-refractivity contribution in [3.8, 4) is 0 Å². The molecule has 2 rings (SSSR count). The van der Waals surface area contributed by atoms with Crippen molar-refractivity contribution >= 4 is 17.0 Å². The summed E-state index contributed by atoms with van der Waals surface area (Å²) in [6.45, 7) is 0. The Bertz CT molecular complexity index is 559. The number of aromatic amines is 1. The summed E-state index contributed by atoms with van der Waals surface area (Å²) in [5.41, 5.74) is -1.00. The van der Waals surface area contributed by atoms with E-state index in [1.807, 2.05) is 0 Å². The second-order valence-corrected chi connectivity index (χ2v) is 3.13. The molecule has 16 heavy (non-hydrogen) atoms. The lowest BCUT2D eigenvalue weighted by Crippen LogP contribution is -2.05. The summed E-state index contributed by atoms with van der Waals surface area (Å²) in [7, 11) is 0. The molecule has 2 N–H and O–H groups in total. The minimum atomic E-state index is -4.49. The molecule has 4 nitrogen and oxygen atoms in total. The maximum Gasteiger partial charge on any atom is 0.417 e. The number of alkyl halides is 3. The monoisotopic (exact) mass is 230 g/mol. The molecular formula is C9H5F3N2O2. The topological polar surface area (TPSA) is 66.0 Å². The molecule has 0 fully saturated rings. The highest BCUT2D eigenvalue weighted by molar-refractivity contribution is 6.01. The first-order valence-corrected chi connectivity index (χ1v) is 4.17. The van der Waals surface area contributed by atoms with E-state index in [0.717, 1.165) is 12.3 Å². The summed E-state index contributed by atoms with van der Waals surface area (Å²) in [5.74, 6) is -1.24. The zero-order valence-electron chi connectivity index (χ0n) is 7.67. The number of carbonyl (C=O) groups is 1. The average molecular weight is 230 g/mol. The van der Waals surface area contributed by atoms with Gasteiger partial charge in [-0.15, -0.1) is 0 Å². The molecule has 0 radical (unpaired) electrons. The number of rotatable bonds is 1. The van der Waals surface area contributed by atoms with Crippen LogP contribution in [-0.4, -0.2) is 21.0 Å². The van der Waals surface area contributed by atoms with Crippen LogP contribution in [0.2, 0.25) is 0 Å². The van der Waals surface area contributed by atoms with Gasteiger partial charge < -0.3 is 10.1 Å². The molecule has 0 saturated heterocycles. The Morgan fingerprint density at radius 1 is 1.44 bits per heavy atom. The van der Waals surface area contributed by atoms with Gasteiger partial charge in [0.15, 0.2) is 0 Å². The molecule has 2 heterocycles. The van der Waals surface area contributed by atoms with Gasteiger partial charge in [-0.05, 0) is 6.07 Å². The minimum absolute atomic E-state index is 0.0144. The van der Waals surface area contributed by atoms with Crippen molar-refractivity contribution < 1.29 is 23.1 Å². The molecule has 0 aromatic carbocycles. The second kappa shape index (κ2) is 3.22. The fraction of sp³-hybridized carbons (Fsp3) is 0.111. The molecule has 2 aromatic heterocycles. The first-order valence-electron chi connectivity index (χ1n) is 4.17. The van der Waals surface area contributed by atoms with E-state index in [4.69, 9.17) is 5.11 Å². The fourth-order valence-corrected chi connectivity index (χ4v) is 1.33. The Hall–Kier alpha value is -2.05. The molecule has 0 bridgehead atoms. The van der Waals surface area contributed by atoms with Crippen molar-refractivity contribution in [1.29, 1.82) is 0 Å². The highest BCUT2D eigenvalue weighted by atomic mass is 19.4. The van der Waals surface area contributed by atoms with E-state index < -0.39 is 17.7 Å². The predicted octanol–water partition coefficient (Wildman–Crippen LogP) is 2.28. The Balaban J connectivity index is 2.62. The van der Waals surface area contributed by atoms with Crippen molar-refractivity contribution in [2.24, 2.45) is 0 Å². The number of hydrogen-bond donors (Lipinski definition) is 2. The van der Waals surface area contributed by atoms with Gasteiger partial charge in [0, 0.05) is 12.4 Å². The van der Waals surface area contributed by atoms with E-state index in [-0.39, 0.29) is 16.6 Å². The number of pyridine rings is 1. The van der Waals surface area contributed by atoms with Crippen LogP contribution in [0.3, 0.4) is 0 Å². The third-order valence-corrected chi connectivity index (χ3v) is 2.07. The third kappa shape index (κ3) is 1.60. The molecule has 0 unspecified atom stereocenters. The molecule has 0 aliphatic heterocycles. The number of fused-ring (bicyclic) bond motifs is 1. The molecule has 84 valence electrons. The number of aromatic nitrogens is 2. The number of H-pyrrole nitrogens is 1. The molecular weight excluding hydrogens is 225 g/mol. The Kier molecular flexibility index (Phi) is 2.11. The highest BCUT2D eigenvalue weighted by Crippen LogP contribution is 2.30. The van der Waals surface area contributed by atoms with Crippen LogP contribution in [0.4, 0.5) is 13.2 Å². The van der Waals surface area contributed by atoms with Crippen LogP contribution in [0.1, 0.15) is 15.9 Å². The summed E-state index contributed by atoms with van der Waals surface area (Å²) in [6.07, 6.45) is -2.77. The summed E-state index contributed by atoms with van der Waals surface area (Å²) in [6, 6.07) is 0.828. The molecule has 0 aliphatic carbocycles. The molecule has 0 atom stereocenters. The van der Waals surface area contributed by atoms with Crippen molar-refractivity contribution in [2.75, 3.05) is 0 Å². The lowest BCUT2D eigenvalue weighted by Gasteiger charge is -2.05. The standard InChI is InChI=1S/C9H5F3N2O2/c10-9(11,12)4-1-6-7(14-2-4)5(3-13-6)8(15)16/h1-3,13H,(H,15,16). The van der Waals surface area contributed by atoms with Crippen LogP contribution < -0.4 is 0 Å². The van der Waals surface area contributed by atoms with Gasteiger partial charge in [0.25, 0.3) is 0 Å². The Labute approximate surface area is 86.7 Å². The quantitative estimate of drug-likeness (QED) is 0.789. The van der Waals surface area contributed by atoms with Crippen LogP contribution in [0.15, 0.2) is 18.5 Å². The van der Waals surface area contributed by atoms with Gasteiger partial charge in [0.2, 0.25) is 0 Å². The van der Waals surface area contributed by atoms with Crippen LogP contribution in [0, 0.1) is 0 Å². The summed E-state index contributed by atoms with van der Waals surface area (Å²) >= 11 is 0. The van der Waals surface area contributed by atoms with Crippen molar-refractivity contribution in [1.82, 2.24) is 9.97 Å². The Morgan fingerprint density at radius 2 is 2.12 bits per heavy atom. The SMILES string of the molecule is O=C(O)c1c[nH]c2cc(C(F)(F)F)cnc12. The van der Waals surface area contributed by atoms with Gasteiger partial charge in [-0.25, -0.2) is 4.79 Å². The number of nitrogens with zero attached hydrogens (tertiary/aromatic N) is 1. The van der Waals surface area contributed by atoms with E-state index in [9.17, 15) is 18.0 Å². The molecule has 2 aromatic rings. The highest BCUT2D eigenvalue weighted by Gasteiger charge is 2.31. The number of halogens is 3. The third-order valence-electron chi connectivity index (χ3n) is 2.07. The largest absolute Gasteiger partial charge is 0.478 e. The molecule has 0 saturated carbocycles. The predicted molar refractivity (Wildman–Crippen MR) is 48.1 cm³/mol. The maximum atomic E-state index is 12.3. The summed E-state index contributed by atoms with van der Waals surface area (Å²) in [5, 5.41) is 8.72. The van der Waals surface area contributed by atoms with Crippen molar-refractivity contribution in [3.05, 3.63) is 29.6 Å². The number of aromatic carboxylic acids is 1. The van der Waals surface area contributed by atoms with Crippen LogP contribution in [0.25, 0.3) is 11.0 Å². The van der Waals surface area contributed by atoms with E-state index in [0.29, 0.717) is 6.20 Å². The van der Waals surface area contributed by atoms with Gasteiger partial charge in [-0.1, -0.05) is 0 Å². The number of nitrogens with one attached hydrogen (secondary N) is 1. The normalized spacial score (nSPS) is 11.9. The first-order chi connectivity index (χ1) is 7.39. The smallest absolute Gasteiger partial charge is 0.417 e. The maximum absolute atomic E-state index is 12.3. The van der Waals surface area contributed by atoms with E-state index in [1.54, 1.807) is 0 Å².